The molecule has 0 radical (unpaired) electrons. The first kappa shape index (κ1) is 7.98. The lowest BCUT2D eigenvalue weighted by atomic mass is 9.83. The van der Waals surface area contributed by atoms with E-state index in [0.717, 1.165) is 25.8 Å². The normalized spacial score (nSPS) is 41.7. The van der Waals surface area contributed by atoms with Crippen LogP contribution >= 0.6 is 0 Å². The van der Waals surface area contributed by atoms with Crippen molar-refractivity contribution in [2.75, 3.05) is 6.54 Å². The van der Waals surface area contributed by atoms with E-state index < -0.39 is 0 Å². The molecule has 0 spiro atoms. The third kappa shape index (κ3) is 1.68. The summed E-state index contributed by atoms with van der Waals surface area (Å²) in [6, 6.07) is 0.394. The maximum Gasteiger partial charge on any atom is 0.0195 e. The Labute approximate surface area is 61.9 Å². The predicted octanol–water partition coefficient (Wildman–Crippen LogP) is -0.600. The minimum absolute atomic E-state index is 0.183. The smallest absolute Gasteiger partial charge is 0.0195 e. The van der Waals surface area contributed by atoms with Gasteiger partial charge in [-0.1, -0.05) is 0 Å². The summed E-state index contributed by atoms with van der Waals surface area (Å²) in [4.78, 5) is 0. The summed E-state index contributed by atoms with van der Waals surface area (Å²) in [5.41, 5.74) is 17.0. The molecule has 0 bridgehead atoms. The molecule has 0 aromatic carbocycles. The van der Waals surface area contributed by atoms with Crippen LogP contribution in [-0.2, 0) is 0 Å². The van der Waals surface area contributed by atoms with Gasteiger partial charge in [0.15, 0.2) is 0 Å². The average Bonchev–Trinajstić information content (AvgIpc) is 1.95. The van der Waals surface area contributed by atoms with Gasteiger partial charge in [-0.05, 0) is 31.7 Å². The van der Waals surface area contributed by atoms with Gasteiger partial charge in [0.2, 0.25) is 0 Å². The summed E-state index contributed by atoms with van der Waals surface area (Å²) < 4.78 is 0. The molecular weight excluding hydrogens is 126 g/mol. The molecule has 10 heavy (non-hydrogen) atoms. The molecule has 1 saturated carbocycles. The Bertz CT molecular complexity index is 105. The van der Waals surface area contributed by atoms with Crippen LogP contribution in [0.3, 0.4) is 0 Å². The highest BCUT2D eigenvalue weighted by molar-refractivity contribution is 4.85. The maximum absolute atomic E-state index is 5.76. The summed E-state index contributed by atoms with van der Waals surface area (Å²) in [6.07, 6.45) is 3.21. The number of hydrogen-bond donors (Lipinski definition) is 3. The highest BCUT2D eigenvalue weighted by Gasteiger charge is 2.23. The third-order valence-corrected chi connectivity index (χ3v) is 2.40. The standard InChI is InChI=1S/C7H17N3/c8-4-5-1-2-6(9)7(10)3-5/h5-7H,1-4,8-10H2. The van der Waals surface area contributed by atoms with Gasteiger partial charge in [-0.25, -0.2) is 0 Å². The first-order valence-corrected chi connectivity index (χ1v) is 3.95. The molecular formula is C7H17N3. The van der Waals surface area contributed by atoms with Crippen LogP contribution in [0, 0.1) is 5.92 Å². The molecule has 6 N–H and O–H groups in total. The lowest BCUT2D eigenvalue weighted by molar-refractivity contribution is 0.295. The van der Waals surface area contributed by atoms with Crippen LogP contribution in [0.2, 0.25) is 0 Å². The van der Waals surface area contributed by atoms with Gasteiger partial charge in [0.05, 0.1) is 0 Å². The molecule has 0 aromatic heterocycles. The van der Waals surface area contributed by atoms with Crippen molar-refractivity contribution >= 4 is 0 Å². The molecule has 0 aliphatic heterocycles. The monoisotopic (exact) mass is 143 g/mol. The van der Waals surface area contributed by atoms with Gasteiger partial charge in [0.1, 0.15) is 0 Å². The second kappa shape index (κ2) is 3.32. The molecule has 3 nitrogen and oxygen atoms in total. The molecule has 3 unspecified atom stereocenters. The van der Waals surface area contributed by atoms with Gasteiger partial charge in [0.25, 0.3) is 0 Å². The second-order valence-electron chi connectivity index (χ2n) is 3.24. The highest BCUT2D eigenvalue weighted by Crippen LogP contribution is 2.20. The van der Waals surface area contributed by atoms with E-state index in [2.05, 4.69) is 0 Å². The SMILES string of the molecule is NCC1CCC(N)C(N)C1. The minimum atomic E-state index is 0.183. The molecule has 1 aliphatic carbocycles. The van der Waals surface area contributed by atoms with Crippen LogP contribution in [0.25, 0.3) is 0 Å². The summed E-state index contributed by atoms with van der Waals surface area (Å²) in [5, 5.41) is 0. The first-order valence-electron chi connectivity index (χ1n) is 3.95. The van der Waals surface area contributed by atoms with Gasteiger partial charge in [-0.3, -0.25) is 0 Å². The number of rotatable bonds is 1. The van der Waals surface area contributed by atoms with E-state index >= 15 is 0 Å². The topological polar surface area (TPSA) is 78.1 Å². The Kier molecular flexibility index (Phi) is 2.65. The van der Waals surface area contributed by atoms with Crippen molar-refractivity contribution in [3.05, 3.63) is 0 Å². The van der Waals surface area contributed by atoms with Gasteiger partial charge in [-0.15, -0.1) is 0 Å². The molecule has 3 heteroatoms. The van der Waals surface area contributed by atoms with E-state index in [1.807, 2.05) is 0 Å². The van der Waals surface area contributed by atoms with Gasteiger partial charge in [0, 0.05) is 12.1 Å². The minimum Gasteiger partial charge on any atom is -0.330 e. The summed E-state index contributed by atoms with van der Waals surface area (Å²) in [7, 11) is 0. The van der Waals surface area contributed by atoms with Gasteiger partial charge >= 0.3 is 0 Å². The molecule has 3 atom stereocenters. The zero-order chi connectivity index (χ0) is 7.56. The van der Waals surface area contributed by atoms with Crippen molar-refractivity contribution in [2.24, 2.45) is 23.1 Å². The Morgan fingerprint density at radius 3 is 2.30 bits per heavy atom. The van der Waals surface area contributed by atoms with E-state index in [9.17, 15) is 0 Å². The lowest BCUT2D eigenvalue weighted by Gasteiger charge is -2.30. The summed E-state index contributed by atoms with van der Waals surface area (Å²) in [6.45, 7) is 0.764. The summed E-state index contributed by atoms with van der Waals surface area (Å²) >= 11 is 0. The molecule has 1 fully saturated rings. The Hall–Kier alpha value is -0.120. The average molecular weight is 143 g/mol. The third-order valence-electron chi connectivity index (χ3n) is 2.40. The van der Waals surface area contributed by atoms with Crippen LogP contribution in [0.15, 0.2) is 0 Å². The molecule has 0 heterocycles. The van der Waals surface area contributed by atoms with E-state index in [1.54, 1.807) is 0 Å². The predicted molar refractivity (Wildman–Crippen MR) is 42.3 cm³/mol. The zero-order valence-corrected chi connectivity index (χ0v) is 6.29. The number of hydrogen-bond acceptors (Lipinski definition) is 3. The van der Waals surface area contributed by atoms with Crippen LogP contribution in [0.1, 0.15) is 19.3 Å². The molecule has 0 saturated heterocycles. The fourth-order valence-electron chi connectivity index (χ4n) is 1.53. The van der Waals surface area contributed by atoms with E-state index in [0.29, 0.717) is 5.92 Å². The van der Waals surface area contributed by atoms with Crippen molar-refractivity contribution in [2.45, 2.75) is 31.3 Å². The zero-order valence-electron chi connectivity index (χ0n) is 6.29. The first-order chi connectivity index (χ1) is 4.74. The molecule has 0 amide bonds. The Morgan fingerprint density at radius 1 is 1.10 bits per heavy atom. The Balaban J connectivity index is 2.33. The molecule has 1 rings (SSSR count). The van der Waals surface area contributed by atoms with Crippen LogP contribution < -0.4 is 17.2 Å². The quantitative estimate of drug-likeness (QED) is 0.458. The summed E-state index contributed by atoms with van der Waals surface area (Å²) in [5.74, 6) is 0.620. The van der Waals surface area contributed by atoms with E-state index in [-0.39, 0.29) is 12.1 Å². The van der Waals surface area contributed by atoms with Crippen molar-refractivity contribution in [3.8, 4) is 0 Å². The Morgan fingerprint density at radius 2 is 1.80 bits per heavy atom. The van der Waals surface area contributed by atoms with Crippen LogP contribution in [0.5, 0.6) is 0 Å². The molecule has 1 aliphatic rings. The van der Waals surface area contributed by atoms with Gasteiger partial charge < -0.3 is 17.2 Å². The van der Waals surface area contributed by atoms with Gasteiger partial charge in [-0.2, -0.15) is 0 Å². The van der Waals surface area contributed by atoms with Crippen LogP contribution in [-0.4, -0.2) is 18.6 Å². The largest absolute Gasteiger partial charge is 0.330 e. The fourth-order valence-corrected chi connectivity index (χ4v) is 1.53. The van der Waals surface area contributed by atoms with E-state index in [1.165, 1.54) is 0 Å². The molecule has 60 valence electrons. The molecule has 0 aromatic rings. The second-order valence-corrected chi connectivity index (χ2v) is 3.24. The lowest BCUT2D eigenvalue weighted by Crippen LogP contribution is -2.47. The van der Waals surface area contributed by atoms with Crippen molar-refractivity contribution < 1.29 is 0 Å². The fraction of sp³-hybridized carbons (Fsp3) is 1.00. The maximum atomic E-state index is 5.76. The van der Waals surface area contributed by atoms with Crippen molar-refractivity contribution in [1.82, 2.24) is 0 Å². The van der Waals surface area contributed by atoms with Crippen molar-refractivity contribution in [3.63, 3.8) is 0 Å². The van der Waals surface area contributed by atoms with Crippen molar-refractivity contribution in [1.29, 1.82) is 0 Å². The van der Waals surface area contributed by atoms with E-state index in [4.69, 9.17) is 17.2 Å². The number of nitrogens with two attached hydrogens (primary N) is 3. The highest BCUT2D eigenvalue weighted by atomic mass is 14.8. The van der Waals surface area contributed by atoms with Crippen LogP contribution in [0.4, 0.5) is 0 Å².